The summed E-state index contributed by atoms with van der Waals surface area (Å²) < 4.78 is 67.1. The number of ether oxygens (including phenoxy) is 1. The molecule has 0 saturated carbocycles. The fraction of sp³-hybridized carbons (Fsp3) is 0.400. The van der Waals surface area contributed by atoms with Gasteiger partial charge in [0.05, 0.1) is 17.2 Å². The summed E-state index contributed by atoms with van der Waals surface area (Å²) >= 11 is 5.43. The van der Waals surface area contributed by atoms with Crippen molar-refractivity contribution in [3.63, 3.8) is 0 Å². The first-order chi connectivity index (χ1) is 8.68. The molecule has 0 amide bonds. The Bertz CT molecular complexity index is 490. The van der Waals surface area contributed by atoms with E-state index in [1.54, 1.807) is 0 Å². The van der Waals surface area contributed by atoms with Crippen LogP contribution in [0.2, 0.25) is 5.02 Å². The molecule has 0 unspecified atom stereocenters. The number of halogens is 6. The van der Waals surface area contributed by atoms with Crippen molar-refractivity contribution in [3.05, 3.63) is 28.0 Å². The van der Waals surface area contributed by atoms with Crippen LogP contribution < -0.4 is 0 Å². The summed E-state index contributed by atoms with van der Waals surface area (Å²) in [6.45, 7) is 1.34. The highest BCUT2D eigenvalue weighted by Gasteiger charge is 2.38. The van der Waals surface area contributed by atoms with Crippen molar-refractivity contribution in [1.29, 1.82) is 0 Å². The van der Waals surface area contributed by atoms with E-state index in [2.05, 4.69) is 9.72 Å². The average Bonchev–Trinajstić information content (AvgIpc) is 2.27. The topological polar surface area (TPSA) is 39.2 Å². The van der Waals surface area contributed by atoms with E-state index in [9.17, 15) is 26.7 Å². The van der Waals surface area contributed by atoms with Crippen molar-refractivity contribution < 1.29 is 31.5 Å². The highest BCUT2D eigenvalue weighted by molar-refractivity contribution is 6.33. The van der Waals surface area contributed by atoms with E-state index in [4.69, 9.17) is 11.6 Å². The number of rotatable bonds is 3. The molecule has 1 heterocycles. The number of hydrogen-bond acceptors (Lipinski definition) is 3. The van der Waals surface area contributed by atoms with Crippen molar-refractivity contribution >= 4 is 17.6 Å². The highest BCUT2D eigenvalue weighted by atomic mass is 35.5. The van der Waals surface area contributed by atoms with Gasteiger partial charge in [0.25, 0.3) is 6.43 Å². The van der Waals surface area contributed by atoms with Crippen molar-refractivity contribution in [1.82, 2.24) is 4.98 Å². The van der Waals surface area contributed by atoms with Crippen LogP contribution >= 0.6 is 11.6 Å². The molecule has 1 aromatic heterocycles. The second kappa shape index (κ2) is 5.68. The standard InChI is InChI=1S/C10H7ClF5NO2/c1-2-19-9(18)7-5(11)3-4(10(14,15)16)6(17-7)8(12)13/h3,8H,2H2,1H3. The van der Waals surface area contributed by atoms with Gasteiger partial charge in [-0.25, -0.2) is 18.6 Å². The third kappa shape index (κ3) is 3.52. The molecule has 0 aliphatic carbocycles. The van der Waals surface area contributed by atoms with Gasteiger partial charge in [0.1, 0.15) is 5.69 Å². The smallest absolute Gasteiger partial charge is 0.418 e. The Kier molecular flexibility index (Phi) is 4.67. The van der Waals surface area contributed by atoms with E-state index in [-0.39, 0.29) is 12.7 Å². The predicted molar refractivity (Wildman–Crippen MR) is 55.2 cm³/mol. The van der Waals surface area contributed by atoms with Crippen LogP contribution in [0.15, 0.2) is 6.07 Å². The van der Waals surface area contributed by atoms with E-state index < -0.39 is 40.5 Å². The molecule has 9 heteroatoms. The van der Waals surface area contributed by atoms with E-state index in [1.807, 2.05) is 0 Å². The first kappa shape index (κ1) is 15.6. The van der Waals surface area contributed by atoms with Gasteiger partial charge in [-0.1, -0.05) is 11.6 Å². The maximum Gasteiger partial charge on any atom is 0.418 e. The number of alkyl halides is 5. The van der Waals surface area contributed by atoms with Crippen LogP contribution in [-0.2, 0) is 10.9 Å². The number of hydrogen-bond donors (Lipinski definition) is 0. The lowest BCUT2D eigenvalue weighted by Crippen LogP contribution is -2.16. The van der Waals surface area contributed by atoms with Gasteiger partial charge in [0.15, 0.2) is 5.69 Å². The van der Waals surface area contributed by atoms with Gasteiger partial charge in [-0.2, -0.15) is 13.2 Å². The minimum absolute atomic E-state index is 0.0954. The second-order valence-electron chi connectivity index (χ2n) is 3.27. The summed E-state index contributed by atoms with van der Waals surface area (Å²) in [4.78, 5) is 14.3. The fourth-order valence-corrected chi connectivity index (χ4v) is 1.47. The number of nitrogens with zero attached hydrogens (tertiary/aromatic N) is 1. The van der Waals surface area contributed by atoms with Gasteiger partial charge >= 0.3 is 12.1 Å². The minimum atomic E-state index is -5.05. The molecule has 0 N–H and O–H groups in total. The summed E-state index contributed by atoms with van der Waals surface area (Å²) in [7, 11) is 0. The summed E-state index contributed by atoms with van der Waals surface area (Å²) in [5.41, 5.74) is -4.01. The summed E-state index contributed by atoms with van der Waals surface area (Å²) in [6, 6.07) is 0.238. The van der Waals surface area contributed by atoms with Gasteiger partial charge in [-0.15, -0.1) is 0 Å². The Hall–Kier alpha value is -1.44. The van der Waals surface area contributed by atoms with E-state index >= 15 is 0 Å². The summed E-state index contributed by atoms with van der Waals surface area (Å²) in [5, 5.41) is -0.699. The predicted octanol–water partition coefficient (Wildman–Crippen LogP) is 3.87. The van der Waals surface area contributed by atoms with Crippen LogP contribution in [0.3, 0.4) is 0 Å². The van der Waals surface area contributed by atoms with Crippen LogP contribution in [0.25, 0.3) is 0 Å². The van der Waals surface area contributed by atoms with E-state index in [0.29, 0.717) is 0 Å². The van der Waals surface area contributed by atoms with Crippen LogP contribution in [0.1, 0.15) is 35.1 Å². The molecule has 0 atom stereocenters. The zero-order valence-corrected chi connectivity index (χ0v) is 10.1. The Labute approximate surface area is 109 Å². The number of aromatic nitrogens is 1. The summed E-state index contributed by atoms with van der Waals surface area (Å²) in [6.07, 6.45) is -8.54. The molecular weight excluding hydrogens is 297 g/mol. The van der Waals surface area contributed by atoms with Crippen LogP contribution in [-0.4, -0.2) is 17.6 Å². The molecule has 0 spiro atoms. The number of carbonyl (C=O) groups is 1. The van der Waals surface area contributed by atoms with Gasteiger partial charge in [0.2, 0.25) is 0 Å². The molecule has 0 fully saturated rings. The third-order valence-corrected chi connectivity index (χ3v) is 2.27. The number of pyridine rings is 1. The lowest BCUT2D eigenvalue weighted by atomic mass is 10.1. The molecule has 0 bridgehead atoms. The lowest BCUT2D eigenvalue weighted by Gasteiger charge is -2.13. The SMILES string of the molecule is CCOC(=O)c1nc(C(F)F)c(C(F)(F)F)cc1Cl. The largest absolute Gasteiger partial charge is 0.461 e. The first-order valence-corrected chi connectivity index (χ1v) is 5.29. The normalized spacial score (nSPS) is 11.8. The molecule has 0 aliphatic rings. The maximum absolute atomic E-state index is 12.6. The monoisotopic (exact) mass is 303 g/mol. The second-order valence-corrected chi connectivity index (χ2v) is 3.68. The Morgan fingerprint density at radius 1 is 1.47 bits per heavy atom. The Balaban J connectivity index is 3.41. The highest BCUT2D eigenvalue weighted by Crippen LogP contribution is 2.37. The maximum atomic E-state index is 12.6. The van der Waals surface area contributed by atoms with Crippen molar-refractivity contribution in [2.45, 2.75) is 19.5 Å². The molecule has 19 heavy (non-hydrogen) atoms. The molecular formula is C10H7ClF5NO2. The van der Waals surface area contributed by atoms with Crippen molar-refractivity contribution in [2.24, 2.45) is 0 Å². The van der Waals surface area contributed by atoms with Gasteiger partial charge in [-0.3, -0.25) is 0 Å². The average molecular weight is 304 g/mol. The molecule has 106 valence electrons. The molecule has 1 rings (SSSR count). The minimum Gasteiger partial charge on any atom is -0.461 e. The van der Waals surface area contributed by atoms with Crippen molar-refractivity contribution in [3.8, 4) is 0 Å². The van der Waals surface area contributed by atoms with Crippen LogP contribution in [0.4, 0.5) is 22.0 Å². The molecule has 0 aromatic carbocycles. The van der Waals surface area contributed by atoms with Crippen molar-refractivity contribution in [2.75, 3.05) is 6.61 Å². The first-order valence-electron chi connectivity index (χ1n) is 4.91. The zero-order valence-electron chi connectivity index (χ0n) is 9.39. The Morgan fingerprint density at radius 2 is 2.05 bits per heavy atom. The lowest BCUT2D eigenvalue weighted by molar-refractivity contribution is -0.140. The van der Waals surface area contributed by atoms with Gasteiger partial charge < -0.3 is 4.74 Å². The molecule has 0 saturated heterocycles. The summed E-state index contributed by atoms with van der Waals surface area (Å²) in [5.74, 6) is -1.16. The number of esters is 1. The van der Waals surface area contributed by atoms with Crippen LogP contribution in [0, 0.1) is 0 Å². The molecule has 3 nitrogen and oxygen atoms in total. The fourth-order valence-electron chi connectivity index (χ4n) is 1.24. The molecule has 0 aliphatic heterocycles. The van der Waals surface area contributed by atoms with Gasteiger partial charge in [0, 0.05) is 0 Å². The third-order valence-electron chi connectivity index (χ3n) is 1.99. The molecule has 1 aromatic rings. The van der Waals surface area contributed by atoms with E-state index in [1.165, 1.54) is 6.92 Å². The molecule has 0 radical (unpaired) electrons. The Morgan fingerprint density at radius 3 is 2.47 bits per heavy atom. The quantitative estimate of drug-likeness (QED) is 0.628. The van der Waals surface area contributed by atoms with Crippen LogP contribution in [0.5, 0.6) is 0 Å². The van der Waals surface area contributed by atoms with E-state index in [0.717, 1.165) is 0 Å². The van der Waals surface area contributed by atoms with Gasteiger partial charge in [-0.05, 0) is 13.0 Å². The zero-order chi connectivity index (χ0) is 14.8. The number of carbonyl (C=O) groups excluding carboxylic acids is 1.